The molecule has 0 aromatic heterocycles. The zero-order chi connectivity index (χ0) is 14.4. The van der Waals surface area contributed by atoms with Gasteiger partial charge in [0.25, 0.3) is 5.69 Å². The molecule has 1 aromatic rings. The Morgan fingerprint density at radius 3 is 2.63 bits per heavy atom. The van der Waals surface area contributed by atoms with Crippen LogP contribution in [0, 0.1) is 10.1 Å². The number of aliphatic hydroxyl groups excluding tert-OH is 1. The Balaban J connectivity index is 3.15. The summed E-state index contributed by atoms with van der Waals surface area (Å²) in [7, 11) is 1.16. The number of aliphatic hydroxyl groups is 1. The quantitative estimate of drug-likeness (QED) is 0.224. The van der Waals surface area contributed by atoms with Gasteiger partial charge in [0, 0.05) is 12.3 Å². The fourth-order valence-corrected chi connectivity index (χ4v) is 1.27. The second-order valence-corrected chi connectivity index (χ2v) is 3.49. The predicted molar refractivity (Wildman–Crippen MR) is 68.6 cm³/mol. The van der Waals surface area contributed by atoms with Crippen molar-refractivity contribution in [2.75, 3.05) is 7.11 Å². The van der Waals surface area contributed by atoms with Crippen LogP contribution in [-0.4, -0.2) is 29.3 Å². The number of carbonyl (C=O) groups is 1. The predicted octanol–water partition coefficient (Wildman–Crippen LogP) is 2.30. The number of rotatable bonds is 4. The third-order valence-corrected chi connectivity index (χ3v) is 2.21. The molecule has 0 aliphatic rings. The van der Waals surface area contributed by atoms with E-state index in [0.717, 1.165) is 13.3 Å². The van der Waals surface area contributed by atoms with Crippen molar-refractivity contribution < 1.29 is 19.6 Å². The molecule has 7 nitrogen and oxygen atoms in total. The SMILES string of the molecule is COC(=O)/C(C=Nc1ccccc1[N+](=O)[O-])=C(\C)O. The van der Waals surface area contributed by atoms with E-state index in [4.69, 9.17) is 0 Å². The van der Waals surface area contributed by atoms with Gasteiger partial charge in [-0.1, -0.05) is 12.1 Å². The highest BCUT2D eigenvalue weighted by Crippen LogP contribution is 2.26. The number of esters is 1. The topological polar surface area (TPSA) is 102 Å². The van der Waals surface area contributed by atoms with Crippen molar-refractivity contribution in [1.29, 1.82) is 0 Å². The summed E-state index contributed by atoms with van der Waals surface area (Å²) in [6.45, 7) is 1.29. The van der Waals surface area contributed by atoms with Crippen molar-refractivity contribution in [2.45, 2.75) is 6.92 Å². The molecule has 1 N–H and O–H groups in total. The minimum atomic E-state index is -0.776. The maximum atomic E-state index is 11.3. The van der Waals surface area contributed by atoms with Crippen LogP contribution in [0.3, 0.4) is 0 Å². The summed E-state index contributed by atoms with van der Waals surface area (Å²) in [5.74, 6) is -1.06. The maximum absolute atomic E-state index is 11.3. The number of nitro groups is 1. The fraction of sp³-hybridized carbons (Fsp3) is 0.167. The van der Waals surface area contributed by atoms with Crippen LogP contribution in [0.15, 0.2) is 40.6 Å². The minimum absolute atomic E-state index is 0.0788. The van der Waals surface area contributed by atoms with E-state index in [1.165, 1.54) is 25.1 Å². The van der Waals surface area contributed by atoms with Crippen LogP contribution >= 0.6 is 0 Å². The lowest BCUT2D eigenvalue weighted by molar-refractivity contribution is -0.384. The van der Waals surface area contributed by atoms with Gasteiger partial charge in [0.15, 0.2) is 0 Å². The molecule has 1 rings (SSSR count). The summed E-state index contributed by atoms with van der Waals surface area (Å²) >= 11 is 0. The Bertz CT molecular complexity index is 559. The third-order valence-electron chi connectivity index (χ3n) is 2.21. The van der Waals surface area contributed by atoms with E-state index in [2.05, 4.69) is 9.73 Å². The molecule has 0 aliphatic heterocycles. The standard InChI is InChI=1S/C12H12N2O5/c1-8(15)9(12(16)19-2)7-13-10-5-3-4-6-11(10)14(17)18/h3-7,15H,1-2H3/b9-8+,13-7?. The zero-order valence-electron chi connectivity index (χ0n) is 10.4. The van der Waals surface area contributed by atoms with Crippen LogP contribution in [-0.2, 0) is 9.53 Å². The summed E-state index contributed by atoms with van der Waals surface area (Å²) in [5.41, 5.74) is -0.283. The van der Waals surface area contributed by atoms with E-state index in [1.807, 2.05) is 0 Å². The van der Waals surface area contributed by atoms with E-state index in [0.29, 0.717) is 0 Å². The molecular weight excluding hydrogens is 252 g/mol. The molecule has 0 spiro atoms. The highest BCUT2D eigenvalue weighted by atomic mass is 16.6. The Kier molecular flexibility index (Phi) is 4.76. The number of methoxy groups -OCH3 is 1. The Morgan fingerprint density at radius 1 is 1.47 bits per heavy atom. The van der Waals surface area contributed by atoms with E-state index in [9.17, 15) is 20.0 Å². The van der Waals surface area contributed by atoms with Gasteiger partial charge in [-0.3, -0.25) is 10.1 Å². The lowest BCUT2D eigenvalue weighted by Crippen LogP contribution is -2.08. The molecule has 0 radical (unpaired) electrons. The van der Waals surface area contributed by atoms with Crippen molar-refractivity contribution in [2.24, 2.45) is 4.99 Å². The second kappa shape index (κ2) is 6.29. The monoisotopic (exact) mass is 264 g/mol. The number of ether oxygens (including phenoxy) is 1. The molecule has 0 saturated heterocycles. The molecular formula is C12H12N2O5. The first-order chi connectivity index (χ1) is 8.97. The van der Waals surface area contributed by atoms with Gasteiger partial charge in [-0.05, 0) is 13.0 Å². The van der Waals surface area contributed by atoms with Crippen molar-refractivity contribution in [3.63, 3.8) is 0 Å². The van der Waals surface area contributed by atoms with Crippen LogP contribution in [0.4, 0.5) is 11.4 Å². The smallest absolute Gasteiger partial charge is 0.342 e. The summed E-state index contributed by atoms with van der Waals surface area (Å²) in [6.07, 6.45) is 1.03. The molecule has 7 heteroatoms. The highest BCUT2D eigenvalue weighted by molar-refractivity contribution is 6.10. The van der Waals surface area contributed by atoms with Gasteiger partial charge in [0.1, 0.15) is 17.0 Å². The molecule has 0 saturated carbocycles. The van der Waals surface area contributed by atoms with E-state index < -0.39 is 10.9 Å². The Labute approximate surface area is 109 Å². The molecule has 0 atom stereocenters. The van der Waals surface area contributed by atoms with E-state index >= 15 is 0 Å². The number of aliphatic imine (C=N–C) groups is 1. The van der Waals surface area contributed by atoms with Crippen molar-refractivity contribution >= 4 is 23.6 Å². The van der Waals surface area contributed by atoms with E-state index in [-0.39, 0.29) is 22.7 Å². The van der Waals surface area contributed by atoms with Crippen LogP contribution < -0.4 is 0 Å². The molecule has 0 bridgehead atoms. The first-order valence-electron chi connectivity index (χ1n) is 5.23. The second-order valence-electron chi connectivity index (χ2n) is 3.49. The minimum Gasteiger partial charge on any atom is -0.512 e. The first-order valence-corrected chi connectivity index (χ1v) is 5.23. The van der Waals surface area contributed by atoms with Gasteiger partial charge in [-0.2, -0.15) is 0 Å². The van der Waals surface area contributed by atoms with Gasteiger partial charge < -0.3 is 9.84 Å². The van der Waals surface area contributed by atoms with Crippen LogP contribution in [0.1, 0.15) is 6.92 Å². The summed E-state index contributed by atoms with van der Waals surface area (Å²) in [5, 5.41) is 20.1. The van der Waals surface area contributed by atoms with Crippen molar-refractivity contribution in [3.8, 4) is 0 Å². The molecule has 1 aromatic carbocycles. The van der Waals surface area contributed by atoms with Gasteiger partial charge in [0.2, 0.25) is 0 Å². The average molecular weight is 264 g/mol. The number of para-hydroxylation sites is 2. The lowest BCUT2D eigenvalue weighted by atomic mass is 10.2. The number of benzene rings is 1. The lowest BCUT2D eigenvalue weighted by Gasteiger charge is -2.01. The van der Waals surface area contributed by atoms with Gasteiger partial charge in [0.05, 0.1) is 12.0 Å². The maximum Gasteiger partial charge on any atom is 0.342 e. The molecule has 0 amide bonds. The van der Waals surface area contributed by atoms with Gasteiger partial charge in [-0.15, -0.1) is 0 Å². The van der Waals surface area contributed by atoms with E-state index in [1.54, 1.807) is 6.07 Å². The molecule has 100 valence electrons. The zero-order valence-corrected chi connectivity index (χ0v) is 10.4. The summed E-state index contributed by atoms with van der Waals surface area (Å²) in [6, 6.07) is 5.80. The molecule has 0 aliphatic carbocycles. The molecule has 19 heavy (non-hydrogen) atoms. The van der Waals surface area contributed by atoms with Crippen LogP contribution in [0.2, 0.25) is 0 Å². The van der Waals surface area contributed by atoms with Crippen LogP contribution in [0.5, 0.6) is 0 Å². The number of nitro benzene ring substituents is 1. The largest absolute Gasteiger partial charge is 0.512 e. The number of nitrogens with zero attached hydrogens (tertiary/aromatic N) is 2. The van der Waals surface area contributed by atoms with Crippen molar-refractivity contribution in [1.82, 2.24) is 0 Å². The normalized spacial score (nSPS) is 12.1. The number of hydrogen-bond acceptors (Lipinski definition) is 6. The van der Waals surface area contributed by atoms with Gasteiger partial charge in [-0.25, -0.2) is 9.79 Å². The fourth-order valence-electron chi connectivity index (χ4n) is 1.27. The molecule has 0 fully saturated rings. The van der Waals surface area contributed by atoms with Gasteiger partial charge >= 0.3 is 5.97 Å². The third kappa shape index (κ3) is 3.63. The molecule has 0 unspecified atom stereocenters. The summed E-state index contributed by atoms with van der Waals surface area (Å²) < 4.78 is 4.46. The first kappa shape index (κ1) is 14.4. The van der Waals surface area contributed by atoms with Crippen LogP contribution in [0.25, 0.3) is 0 Å². The molecule has 0 heterocycles. The Hall–Kier alpha value is -2.70. The number of carbonyl (C=O) groups excluding carboxylic acids is 1. The number of hydrogen-bond donors (Lipinski definition) is 1. The Morgan fingerprint density at radius 2 is 2.11 bits per heavy atom. The highest BCUT2D eigenvalue weighted by Gasteiger charge is 2.14. The number of allylic oxidation sites excluding steroid dienone is 1. The van der Waals surface area contributed by atoms with Crippen molar-refractivity contribution in [3.05, 3.63) is 45.7 Å². The summed E-state index contributed by atoms with van der Waals surface area (Å²) in [4.78, 5) is 25.3. The average Bonchev–Trinajstić information content (AvgIpc) is 2.38.